The normalized spacial score (nSPS) is 19.1. The Balaban J connectivity index is 1.34. The van der Waals surface area contributed by atoms with Gasteiger partial charge in [0.05, 0.1) is 17.8 Å². The largest absolute Gasteiger partial charge is 0.283 e. The molecule has 2 amide bonds. The number of carbonyl (C=O) groups is 2. The first-order valence-corrected chi connectivity index (χ1v) is 14.0. The predicted molar refractivity (Wildman–Crippen MR) is 165 cm³/mol. The summed E-state index contributed by atoms with van der Waals surface area (Å²) in [5.41, 5.74) is 2.26. The fourth-order valence-electron chi connectivity index (χ4n) is 7.60. The van der Waals surface area contributed by atoms with E-state index in [2.05, 4.69) is 12.1 Å². The highest BCUT2D eigenvalue weighted by atomic mass is 16.2. The van der Waals surface area contributed by atoms with Crippen LogP contribution in [-0.2, 0) is 0 Å². The molecule has 2 unspecified atom stereocenters. The number of benzene rings is 6. The summed E-state index contributed by atoms with van der Waals surface area (Å²) >= 11 is 0. The lowest BCUT2D eigenvalue weighted by Crippen LogP contribution is -2.40. The average Bonchev–Trinajstić information content (AvgIpc) is 3.42. The zero-order valence-electron chi connectivity index (χ0n) is 22.0. The summed E-state index contributed by atoms with van der Waals surface area (Å²) < 4.78 is 1.84. The number of hydrogen-bond acceptors (Lipinski definition) is 4. The van der Waals surface area contributed by atoms with Gasteiger partial charge in [-0.25, -0.2) is 4.90 Å². The van der Waals surface area contributed by atoms with Gasteiger partial charge < -0.3 is 0 Å². The third-order valence-electron chi connectivity index (χ3n) is 9.35. The Morgan fingerprint density at radius 3 is 1.79 bits per heavy atom. The molecule has 6 aromatic carbocycles. The van der Waals surface area contributed by atoms with E-state index in [-0.39, 0.29) is 29.5 Å². The maximum absolute atomic E-state index is 14.0. The first-order valence-electron chi connectivity index (χ1n) is 14.0. The molecule has 2 aliphatic heterocycles. The highest BCUT2D eigenvalue weighted by Crippen LogP contribution is 2.45. The van der Waals surface area contributed by atoms with Gasteiger partial charge in [-0.1, -0.05) is 66.8 Å². The number of hydrogen-bond donors (Lipinski definition) is 0. The molecule has 6 heteroatoms. The van der Waals surface area contributed by atoms with Crippen molar-refractivity contribution in [3.05, 3.63) is 130 Å². The number of fused-ring (bicyclic) bond motifs is 6. The standard InChI is InChI=1S/C36H19N3O3/c40-34-25-16-12-21-19-10-14-23-31-24(36(42)39-28-9-5-4-8-27(28)37-33(23)39)15-11-20(29(19)31)22-13-17-26(32(25)30(21)22)35(41)38(34)18-6-2-1-3-7-18/h1-17,27-28H. The van der Waals surface area contributed by atoms with Crippen LogP contribution in [0, 0.1) is 0 Å². The van der Waals surface area contributed by atoms with Crippen LogP contribution in [0.25, 0.3) is 53.9 Å². The molecule has 196 valence electrons. The SMILES string of the molecule is O=C1c2ccc3c4ccc5c(=O)n6c(c7ccc(c8ccc(c2c38)C(=O)N1c1ccccc1)c4c57)=NC1C=CC=CC16. The average molecular weight is 542 g/mol. The molecule has 0 bridgehead atoms. The number of para-hydroxylation sites is 1. The molecule has 2 atom stereocenters. The number of pyridine rings is 1. The van der Waals surface area contributed by atoms with Crippen LogP contribution in [0.15, 0.2) is 113 Å². The highest BCUT2D eigenvalue weighted by Gasteiger charge is 2.36. The van der Waals surface area contributed by atoms with Crippen LogP contribution in [0.4, 0.5) is 5.69 Å². The quantitative estimate of drug-likeness (QED) is 0.140. The van der Waals surface area contributed by atoms with E-state index in [4.69, 9.17) is 4.99 Å². The minimum atomic E-state index is -0.326. The second-order valence-corrected chi connectivity index (χ2v) is 11.3. The summed E-state index contributed by atoms with van der Waals surface area (Å²) in [5.74, 6) is -0.652. The number of nitrogens with zero attached hydrogens (tertiary/aromatic N) is 3. The number of imide groups is 1. The summed E-state index contributed by atoms with van der Waals surface area (Å²) in [6, 6.07) is 24.6. The van der Waals surface area contributed by atoms with Crippen LogP contribution in [0.1, 0.15) is 26.8 Å². The number of rotatable bonds is 1. The molecule has 3 heterocycles. The molecule has 10 rings (SSSR count). The fraction of sp³-hybridized carbons (Fsp3) is 0.0556. The lowest BCUT2D eigenvalue weighted by molar-refractivity contribution is 0.0893. The molecule has 1 aliphatic carbocycles. The van der Waals surface area contributed by atoms with Crippen LogP contribution in [0.3, 0.4) is 0 Å². The van der Waals surface area contributed by atoms with Crippen molar-refractivity contribution in [2.24, 2.45) is 4.99 Å². The minimum Gasteiger partial charge on any atom is -0.283 e. The van der Waals surface area contributed by atoms with E-state index in [1.807, 2.05) is 83.5 Å². The van der Waals surface area contributed by atoms with Gasteiger partial charge in [0.2, 0.25) is 0 Å². The Morgan fingerprint density at radius 2 is 1.10 bits per heavy atom. The number of amides is 2. The van der Waals surface area contributed by atoms with Gasteiger partial charge in [0, 0.05) is 32.7 Å². The zero-order valence-corrected chi connectivity index (χ0v) is 22.0. The van der Waals surface area contributed by atoms with E-state index in [9.17, 15) is 14.4 Å². The van der Waals surface area contributed by atoms with E-state index in [0.29, 0.717) is 27.6 Å². The smallest absolute Gasteiger partial charge is 0.265 e. The van der Waals surface area contributed by atoms with Gasteiger partial charge in [0.15, 0.2) is 0 Å². The van der Waals surface area contributed by atoms with E-state index in [0.717, 1.165) is 48.6 Å². The minimum absolute atomic E-state index is 0.0364. The van der Waals surface area contributed by atoms with Crippen molar-refractivity contribution >= 4 is 71.4 Å². The van der Waals surface area contributed by atoms with Gasteiger partial charge in [-0.3, -0.25) is 23.9 Å². The molecule has 1 aromatic heterocycles. The first-order chi connectivity index (χ1) is 20.6. The van der Waals surface area contributed by atoms with Crippen LogP contribution in [0.5, 0.6) is 0 Å². The second-order valence-electron chi connectivity index (χ2n) is 11.3. The number of anilines is 1. The molecule has 3 aliphatic rings. The fourth-order valence-corrected chi connectivity index (χ4v) is 7.60. The van der Waals surface area contributed by atoms with E-state index >= 15 is 0 Å². The Kier molecular flexibility index (Phi) is 3.87. The molecule has 6 nitrogen and oxygen atoms in total. The van der Waals surface area contributed by atoms with Gasteiger partial charge in [0.25, 0.3) is 17.4 Å². The molecule has 42 heavy (non-hydrogen) atoms. The molecule has 0 saturated heterocycles. The second kappa shape index (κ2) is 7.36. The van der Waals surface area contributed by atoms with Crippen molar-refractivity contribution in [2.45, 2.75) is 12.1 Å². The lowest BCUT2D eigenvalue weighted by atomic mass is 9.83. The summed E-state index contributed by atoms with van der Waals surface area (Å²) in [4.78, 5) is 47.8. The van der Waals surface area contributed by atoms with Crippen molar-refractivity contribution in [3.8, 4) is 0 Å². The molecule has 0 saturated carbocycles. The van der Waals surface area contributed by atoms with Crippen molar-refractivity contribution in [3.63, 3.8) is 0 Å². The van der Waals surface area contributed by atoms with Crippen molar-refractivity contribution in [2.75, 3.05) is 4.90 Å². The maximum Gasteiger partial charge on any atom is 0.265 e. The van der Waals surface area contributed by atoms with Gasteiger partial charge >= 0.3 is 0 Å². The first kappa shape index (κ1) is 22.1. The number of aromatic nitrogens is 1. The Morgan fingerprint density at radius 1 is 0.548 bits per heavy atom. The molecule has 0 spiro atoms. The zero-order chi connectivity index (χ0) is 27.9. The molecule has 0 radical (unpaired) electrons. The van der Waals surface area contributed by atoms with Crippen LogP contribution >= 0.6 is 0 Å². The van der Waals surface area contributed by atoms with Crippen LogP contribution in [0.2, 0.25) is 0 Å². The Labute approximate surface area is 237 Å². The van der Waals surface area contributed by atoms with Crippen LogP contribution < -0.4 is 15.9 Å². The molecular weight excluding hydrogens is 522 g/mol. The maximum atomic E-state index is 14.0. The monoisotopic (exact) mass is 541 g/mol. The summed E-state index contributed by atoms with van der Waals surface area (Å²) in [6.07, 6.45) is 8.06. The van der Waals surface area contributed by atoms with Gasteiger partial charge in [0.1, 0.15) is 5.49 Å². The summed E-state index contributed by atoms with van der Waals surface area (Å²) in [5, 5.41) is 9.04. The van der Waals surface area contributed by atoms with Crippen LogP contribution in [-0.4, -0.2) is 22.4 Å². The van der Waals surface area contributed by atoms with E-state index in [1.165, 1.54) is 4.90 Å². The van der Waals surface area contributed by atoms with Gasteiger partial charge in [-0.2, -0.15) is 0 Å². The van der Waals surface area contributed by atoms with Gasteiger partial charge in [-0.05, 0) is 68.7 Å². The molecular formula is C36H19N3O3. The van der Waals surface area contributed by atoms with Crippen molar-refractivity contribution in [1.29, 1.82) is 0 Å². The van der Waals surface area contributed by atoms with Crippen molar-refractivity contribution in [1.82, 2.24) is 4.57 Å². The summed E-state index contributed by atoms with van der Waals surface area (Å²) in [6.45, 7) is 0. The summed E-state index contributed by atoms with van der Waals surface area (Å²) in [7, 11) is 0. The predicted octanol–water partition coefficient (Wildman–Crippen LogP) is 6.24. The van der Waals surface area contributed by atoms with E-state index in [1.54, 1.807) is 12.1 Å². The Bertz CT molecular complexity index is 2520. The Hall–Kier alpha value is -5.62. The molecule has 7 aromatic rings. The number of carbonyl (C=O) groups excluding carboxylic acids is 2. The topological polar surface area (TPSA) is 71.7 Å². The highest BCUT2D eigenvalue weighted by molar-refractivity contribution is 6.43. The van der Waals surface area contributed by atoms with E-state index < -0.39 is 0 Å². The number of allylic oxidation sites excluding steroid dienone is 2. The van der Waals surface area contributed by atoms with Crippen molar-refractivity contribution < 1.29 is 9.59 Å². The molecule has 0 fully saturated rings. The van der Waals surface area contributed by atoms with Gasteiger partial charge in [-0.15, -0.1) is 0 Å². The molecule has 0 N–H and O–H groups in total. The lowest BCUT2D eigenvalue weighted by Gasteiger charge is -2.28. The third-order valence-corrected chi connectivity index (χ3v) is 9.35. The third kappa shape index (κ3) is 2.44.